The maximum atomic E-state index is 5.38. The molecule has 1 aliphatic heterocycles. The number of rotatable bonds is 1. The molecule has 1 fully saturated rings. The van der Waals surface area contributed by atoms with Gasteiger partial charge in [0.25, 0.3) is 0 Å². The Hall–Kier alpha value is -1.80. The maximum Gasteiger partial charge on any atom is 0.108 e. The molecule has 2 aromatic carbocycles. The lowest BCUT2D eigenvalue weighted by Crippen LogP contribution is -1.82. The van der Waals surface area contributed by atoms with Crippen molar-refractivity contribution in [2.45, 2.75) is 6.10 Å². The molecule has 16 heavy (non-hydrogen) atoms. The van der Waals surface area contributed by atoms with Crippen molar-refractivity contribution < 1.29 is 4.74 Å². The summed E-state index contributed by atoms with van der Waals surface area (Å²) in [5, 5.41) is 2.59. The Balaban J connectivity index is 2.18. The van der Waals surface area contributed by atoms with Crippen LogP contribution in [0.3, 0.4) is 0 Å². The molecule has 1 aromatic heterocycles. The summed E-state index contributed by atoms with van der Waals surface area (Å²) in [6, 6.07) is 14.8. The first-order valence-electron chi connectivity index (χ1n) is 5.54. The van der Waals surface area contributed by atoms with Crippen LogP contribution in [0.2, 0.25) is 0 Å². The van der Waals surface area contributed by atoms with E-state index in [1.54, 1.807) is 0 Å². The first-order valence-corrected chi connectivity index (χ1v) is 5.54. The molecule has 1 aliphatic rings. The molecule has 0 spiro atoms. The second-order valence-corrected chi connectivity index (χ2v) is 4.26. The Kier molecular flexibility index (Phi) is 1.50. The predicted molar refractivity (Wildman–Crippen MR) is 64.5 cm³/mol. The fourth-order valence-electron chi connectivity index (χ4n) is 2.39. The lowest BCUT2D eigenvalue weighted by atomic mass is 10.1. The van der Waals surface area contributed by atoms with Crippen molar-refractivity contribution in [2.24, 2.45) is 0 Å². The van der Waals surface area contributed by atoms with Gasteiger partial charge in [-0.2, -0.15) is 0 Å². The molecule has 2 nitrogen and oxygen atoms in total. The number of aromatic amines is 1. The zero-order chi connectivity index (χ0) is 10.5. The van der Waals surface area contributed by atoms with Crippen molar-refractivity contribution in [3.63, 3.8) is 0 Å². The highest BCUT2D eigenvalue weighted by Gasteiger charge is 2.27. The molecule has 3 aromatic rings. The summed E-state index contributed by atoms with van der Waals surface area (Å²) in [5.41, 5.74) is 3.71. The van der Waals surface area contributed by atoms with Crippen molar-refractivity contribution in [2.75, 3.05) is 6.61 Å². The zero-order valence-electron chi connectivity index (χ0n) is 8.73. The van der Waals surface area contributed by atoms with Crippen LogP contribution in [0.5, 0.6) is 0 Å². The number of para-hydroxylation sites is 2. The summed E-state index contributed by atoms with van der Waals surface area (Å²) in [7, 11) is 0. The van der Waals surface area contributed by atoms with E-state index in [-0.39, 0.29) is 0 Å². The first kappa shape index (κ1) is 8.36. The van der Waals surface area contributed by atoms with E-state index in [0.717, 1.165) is 6.61 Å². The van der Waals surface area contributed by atoms with Crippen LogP contribution in [0.15, 0.2) is 42.5 Å². The third-order valence-corrected chi connectivity index (χ3v) is 3.25. The highest BCUT2D eigenvalue weighted by atomic mass is 16.6. The first-order chi connectivity index (χ1) is 7.93. The average Bonchev–Trinajstić information content (AvgIpc) is 3.09. The van der Waals surface area contributed by atoms with Gasteiger partial charge in [-0.1, -0.05) is 36.4 Å². The number of H-pyrrole nitrogens is 1. The number of benzene rings is 2. The summed E-state index contributed by atoms with van der Waals surface area (Å²) in [5.74, 6) is 0. The van der Waals surface area contributed by atoms with Gasteiger partial charge in [0.2, 0.25) is 0 Å². The molecule has 1 atom stereocenters. The number of epoxide rings is 1. The predicted octanol–water partition coefficient (Wildman–Crippen LogP) is 3.39. The number of fused-ring (bicyclic) bond motifs is 3. The summed E-state index contributed by atoms with van der Waals surface area (Å²) in [6.45, 7) is 0.856. The summed E-state index contributed by atoms with van der Waals surface area (Å²) in [4.78, 5) is 3.49. The normalized spacial score (nSPS) is 19.4. The van der Waals surface area contributed by atoms with Gasteiger partial charge in [-0.3, -0.25) is 0 Å². The Bertz CT molecular complexity index is 679. The maximum absolute atomic E-state index is 5.38. The van der Waals surface area contributed by atoms with Gasteiger partial charge in [-0.05, 0) is 6.07 Å². The smallest absolute Gasteiger partial charge is 0.108 e. The van der Waals surface area contributed by atoms with E-state index in [9.17, 15) is 0 Å². The lowest BCUT2D eigenvalue weighted by molar-refractivity contribution is 0.416. The number of nitrogens with one attached hydrogen (secondary N) is 1. The van der Waals surface area contributed by atoms with Crippen LogP contribution in [0.1, 0.15) is 11.7 Å². The molecule has 0 radical (unpaired) electrons. The molecule has 0 aliphatic carbocycles. The van der Waals surface area contributed by atoms with Gasteiger partial charge in [0.1, 0.15) is 6.10 Å². The monoisotopic (exact) mass is 209 g/mol. The molecule has 2 heterocycles. The summed E-state index contributed by atoms with van der Waals surface area (Å²) in [6.07, 6.45) is 0.303. The molecular formula is C14H11NO. The van der Waals surface area contributed by atoms with Crippen molar-refractivity contribution in [3.05, 3.63) is 48.0 Å². The lowest BCUT2D eigenvalue weighted by Gasteiger charge is -1.97. The van der Waals surface area contributed by atoms with E-state index in [0.29, 0.717) is 6.10 Å². The highest BCUT2D eigenvalue weighted by molar-refractivity contribution is 6.08. The van der Waals surface area contributed by atoms with Crippen LogP contribution in [0.4, 0.5) is 0 Å². The van der Waals surface area contributed by atoms with Crippen LogP contribution in [-0.4, -0.2) is 11.6 Å². The molecular weight excluding hydrogens is 198 g/mol. The third-order valence-electron chi connectivity index (χ3n) is 3.25. The second-order valence-electron chi connectivity index (χ2n) is 4.26. The number of hydrogen-bond acceptors (Lipinski definition) is 1. The van der Waals surface area contributed by atoms with E-state index >= 15 is 0 Å². The summed E-state index contributed by atoms with van der Waals surface area (Å²) >= 11 is 0. The van der Waals surface area contributed by atoms with E-state index in [2.05, 4.69) is 47.4 Å². The average molecular weight is 209 g/mol. The number of aromatic nitrogens is 1. The fraction of sp³-hybridized carbons (Fsp3) is 0.143. The van der Waals surface area contributed by atoms with Crippen LogP contribution in [0.25, 0.3) is 21.8 Å². The highest BCUT2D eigenvalue weighted by Crippen LogP contribution is 2.36. The second kappa shape index (κ2) is 2.86. The number of ether oxygens (including phenoxy) is 1. The van der Waals surface area contributed by atoms with Crippen molar-refractivity contribution >= 4 is 21.8 Å². The third kappa shape index (κ3) is 1.05. The van der Waals surface area contributed by atoms with Crippen LogP contribution in [-0.2, 0) is 4.74 Å². The number of hydrogen-bond donors (Lipinski definition) is 1. The largest absolute Gasteiger partial charge is 0.368 e. The molecule has 0 amide bonds. The van der Waals surface area contributed by atoms with Crippen LogP contribution >= 0.6 is 0 Å². The van der Waals surface area contributed by atoms with Crippen molar-refractivity contribution in [1.29, 1.82) is 0 Å². The molecule has 0 saturated carbocycles. The molecule has 1 saturated heterocycles. The standard InChI is InChI=1S/C14H11NO/c1-2-7-12-9(4-1)10-5-3-6-11(13-8-16-13)14(10)15-12/h1-7,13,15H,8H2. The minimum Gasteiger partial charge on any atom is -0.368 e. The Morgan fingerprint density at radius 3 is 2.69 bits per heavy atom. The van der Waals surface area contributed by atoms with Gasteiger partial charge in [0.15, 0.2) is 0 Å². The Morgan fingerprint density at radius 2 is 1.81 bits per heavy atom. The molecule has 2 heteroatoms. The van der Waals surface area contributed by atoms with Gasteiger partial charge < -0.3 is 9.72 Å². The SMILES string of the molecule is c1ccc2c(c1)[nH]c1c(C3CO3)cccc12. The van der Waals surface area contributed by atoms with Crippen molar-refractivity contribution in [1.82, 2.24) is 4.98 Å². The topological polar surface area (TPSA) is 28.3 Å². The molecule has 4 rings (SSSR count). The van der Waals surface area contributed by atoms with Gasteiger partial charge >= 0.3 is 0 Å². The minimum atomic E-state index is 0.303. The van der Waals surface area contributed by atoms with Gasteiger partial charge in [0, 0.05) is 21.9 Å². The van der Waals surface area contributed by atoms with E-state index in [1.807, 2.05) is 0 Å². The molecule has 1 N–H and O–H groups in total. The van der Waals surface area contributed by atoms with Gasteiger partial charge in [-0.15, -0.1) is 0 Å². The summed E-state index contributed by atoms with van der Waals surface area (Å²) < 4.78 is 5.38. The molecule has 1 unspecified atom stereocenters. The minimum absolute atomic E-state index is 0.303. The van der Waals surface area contributed by atoms with E-state index in [1.165, 1.54) is 27.4 Å². The van der Waals surface area contributed by atoms with Gasteiger partial charge in [0.05, 0.1) is 12.1 Å². The van der Waals surface area contributed by atoms with Crippen molar-refractivity contribution in [3.8, 4) is 0 Å². The Labute approximate surface area is 92.8 Å². The van der Waals surface area contributed by atoms with Gasteiger partial charge in [-0.25, -0.2) is 0 Å². The van der Waals surface area contributed by atoms with Crippen LogP contribution < -0.4 is 0 Å². The van der Waals surface area contributed by atoms with Crippen LogP contribution in [0, 0.1) is 0 Å². The molecule has 78 valence electrons. The Morgan fingerprint density at radius 1 is 1.00 bits per heavy atom. The fourth-order valence-corrected chi connectivity index (χ4v) is 2.39. The quantitative estimate of drug-likeness (QED) is 0.611. The van der Waals surface area contributed by atoms with E-state index in [4.69, 9.17) is 4.74 Å². The molecule has 0 bridgehead atoms. The van der Waals surface area contributed by atoms with E-state index < -0.39 is 0 Å². The zero-order valence-corrected chi connectivity index (χ0v) is 8.73.